The molecule has 0 saturated carbocycles. The predicted octanol–water partition coefficient (Wildman–Crippen LogP) is 12.9. The van der Waals surface area contributed by atoms with E-state index in [0.29, 0.717) is 0 Å². The predicted molar refractivity (Wildman–Crippen MR) is 200 cm³/mol. The Morgan fingerprint density at radius 1 is 0.426 bits per heavy atom. The van der Waals surface area contributed by atoms with Gasteiger partial charge in [-0.3, -0.25) is 0 Å². The van der Waals surface area contributed by atoms with Gasteiger partial charge in [-0.2, -0.15) is 0 Å². The van der Waals surface area contributed by atoms with E-state index >= 15 is 0 Å². The molecule has 220 valence electrons. The molecule has 0 unspecified atom stereocenters. The molecule has 3 heteroatoms. The molecule has 47 heavy (non-hydrogen) atoms. The second-order valence-electron chi connectivity index (χ2n) is 12.1. The number of hydrogen-bond acceptors (Lipinski definition) is 2. The highest BCUT2D eigenvalue weighted by Gasteiger charge is 2.19. The van der Waals surface area contributed by atoms with Gasteiger partial charge in [-0.1, -0.05) is 115 Å². The number of rotatable bonds is 4. The molecule has 2 nitrogen and oxygen atoms in total. The Kier molecular flexibility index (Phi) is 5.78. The Labute approximate surface area is 275 Å². The maximum absolute atomic E-state index is 6.49. The molecule has 0 saturated heterocycles. The summed E-state index contributed by atoms with van der Waals surface area (Å²) >= 11 is 1.89. The maximum atomic E-state index is 6.49. The number of fused-ring (bicyclic) bond motifs is 8. The summed E-state index contributed by atoms with van der Waals surface area (Å²) in [4.78, 5) is 0. The van der Waals surface area contributed by atoms with Crippen molar-refractivity contribution in [2.45, 2.75) is 0 Å². The fraction of sp³-hybridized carbons (Fsp3) is 0. The third-order valence-electron chi connectivity index (χ3n) is 9.42. The summed E-state index contributed by atoms with van der Waals surface area (Å²) in [5.74, 6) is 0. The van der Waals surface area contributed by atoms with Crippen LogP contribution in [0, 0.1) is 0 Å². The van der Waals surface area contributed by atoms with Crippen LogP contribution in [0.25, 0.3) is 92.2 Å². The summed E-state index contributed by atoms with van der Waals surface area (Å²) in [6, 6.07) is 58.8. The minimum Gasteiger partial charge on any atom is -0.456 e. The number of para-hydroxylation sites is 2. The second-order valence-corrected chi connectivity index (χ2v) is 13.2. The summed E-state index contributed by atoms with van der Waals surface area (Å²) in [6.45, 7) is 0. The van der Waals surface area contributed by atoms with Crippen molar-refractivity contribution < 1.29 is 4.42 Å². The van der Waals surface area contributed by atoms with E-state index in [1.165, 1.54) is 59.1 Å². The molecule has 3 heterocycles. The molecule has 3 aromatic heterocycles. The molecule has 10 rings (SSSR count). The number of nitrogens with zero attached hydrogens (tertiary/aromatic N) is 1. The van der Waals surface area contributed by atoms with E-state index < -0.39 is 0 Å². The zero-order valence-electron chi connectivity index (χ0n) is 25.4. The van der Waals surface area contributed by atoms with E-state index in [9.17, 15) is 0 Å². The van der Waals surface area contributed by atoms with Gasteiger partial charge in [0.1, 0.15) is 11.2 Å². The normalized spacial score (nSPS) is 11.8. The van der Waals surface area contributed by atoms with Crippen LogP contribution in [0.2, 0.25) is 0 Å². The molecule has 0 fully saturated rings. The van der Waals surface area contributed by atoms with Gasteiger partial charge in [0.25, 0.3) is 0 Å². The van der Waals surface area contributed by atoms with Gasteiger partial charge in [-0.05, 0) is 81.9 Å². The fourth-order valence-corrected chi connectivity index (χ4v) is 8.48. The lowest BCUT2D eigenvalue weighted by Crippen LogP contribution is -1.92. The van der Waals surface area contributed by atoms with Crippen LogP contribution in [0.5, 0.6) is 0 Å². The summed E-state index contributed by atoms with van der Waals surface area (Å²) in [5.41, 5.74) is 12.6. The first-order valence-corrected chi connectivity index (χ1v) is 16.7. The highest BCUT2D eigenvalue weighted by atomic mass is 32.1. The standard InChI is InChI=1S/C44H27NOS/c1-3-11-28(12-4-1)29-19-22-35-36-23-20-30(26-41(36)46-40(35)25-29)33-15-7-8-16-34(33)31-21-24-38-42(27-31)47-44-37-17-9-10-18-39(37)45(43(38)44)32-13-5-2-6-14-32/h1-27H. The molecule has 0 atom stereocenters. The van der Waals surface area contributed by atoms with E-state index in [1.807, 2.05) is 17.4 Å². The first-order chi connectivity index (χ1) is 23.3. The van der Waals surface area contributed by atoms with Crippen molar-refractivity contribution in [3.63, 3.8) is 0 Å². The highest BCUT2D eigenvalue weighted by molar-refractivity contribution is 7.26. The molecule has 0 spiro atoms. The molecule has 7 aromatic carbocycles. The second kappa shape index (κ2) is 10.3. The van der Waals surface area contributed by atoms with Crippen molar-refractivity contribution in [1.82, 2.24) is 4.57 Å². The zero-order chi connectivity index (χ0) is 30.9. The minimum atomic E-state index is 0.905. The number of thiophene rings is 1. The zero-order valence-corrected chi connectivity index (χ0v) is 26.2. The van der Waals surface area contributed by atoms with E-state index in [0.717, 1.165) is 33.1 Å². The Morgan fingerprint density at radius 2 is 1.00 bits per heavy atom. The summed E-state index contributed by atoms with van der Waals surface area (Å²) < 4.78 is 11.5. The summed E-state index contributed by atoms with van der Waals surface area (Å²) in [5, 5.41) is 4.86. The molecular weight excluding hydrogens is 591 g/mol. The number of hydrogen-bond donors (Lipinski definition) is 0. The molecule has 0 aliphatic carbocycles. The van der Waals surface area contributed by atoms with Crippen molar-refractivity contribution in [3.05, 3.63) is 164 Å². The fourth-order valence-electron chi connectivity index (χ4n) is 7.22. The largest absolute Gasteiger partial charge is 0.456 e. The Morgan fingerprint density at radius 3 is 1.74 bits per heavy atom. The van der Waals surface area contributed by atoms with Crippen LogP contribution in [0.4, 0.5) is 0 Å². The number of furan rings is 1. The van der Waals surface area contributed by atoms with Gasteiger partial charge in [0.2, 0.25) is 0 Å². The van der Waals surface area contributed by atoms with Crippen LogP contribution in [0.3, 0.4) is 0 Å². The smallest absolute Gasteiger partial charge is 0.136 e. The number of aromatic nitrogens is 1. The molecule has 0 bridgehead atoms. The van der Waals surface area contributed by atoms with Crippen LogP contribution < -0.4 is 0 Å². The van der Waals surface area contributed by atoms with Gasteiger partial charge < -0.3 is 8.98 Å². The van der Waals surface area contributed by atoms with Crippen molar-refractivity contribution in [2.24, 2.45) is 0 Å². The van der Waals surface area contributed by atoms with Crippen molar-refractivity contribution >= 4 is 64.5 Å². The van der Waals surface area contributed by atoms with Crippen LogP contribution >= 0.6 is 11.3 Å². The molecule has 0 aliphatic rings. The minimum absolute atomic E-state index is 0.905. The van der Waals surface area contributed by atoms with Crippen LogP contribution in [0.1, 0.15) is 0 Å². The topological polar surface area (TPSA) is 18.1 Å². The average Bonchev–Trinajstić information content (AvgIpc) is 3.80. The third kappa shape index (κ3) is 4.10. The Hall–Kier alpha value is -5.90. The van der Waals surface area contributed by atoms with Crippen molar-refractivity contribution in [2.75, 3.05) is 0 Å². The molecule has 0 amide bonds. The summed E-state index contributed by atoms with van der Waals surface area (Å²) in [7, 11) is 0. The molecule has 0 N–H and O–H groups in total. The molecule has 0 aliphatic heterocycles. The van der Waals surface area contributed by atoms with Crippen molar-refractivity contribution in [1.29, 1.82) is 0 Å². The van der Waals surface area contributed by atoms with Gasteiger partial charge in [0.05, 0.1) is 15.7 Å². The van der Waals surface area contributed by atoms with Gasteiger partial charge in [0, 0.05) is 31.9 Å². The maximum Gasteiger partial charge on any atom is 0.136 e. The number of benzene rings is 7. The van der Waals surface area contributed by atoms with Crippen LogP contribution in [-0.4, -0.2) is 4.57 Å². The first-order valence-electron chi connectivity index (χ1n) is 15.9. The molecule has 0 radical (unpaired) electrons. The Bertz CT molecular complexity index is 2780. The van der Waals surface area contributed by atoms with E-state index in [2.05, 4.69) is 162 Å². The van der Waals surface area contributed by atoms with Gasteiger partial charge in [-0.25, -0.2) is 0 Å². The van der Waals surface area contributed by atoms with Crippen LogP contribution in [0.15, 0.2) is 168 Å². The highest BCUT2D eigenvalue weighted by Crippen LogP contribution is 2.44. The van der Waals surface area contributed by atoms with Gasteiger partial charge in [-0.15, -0.1) is 11.3 Å². The quantitative estimate of drug-likeness (QED) is 0.192. The van der Waals surface area contributed by atoms with E-state index in [-0.39, 0.29) is 0 Å². The average molecular weight is 618 g/mol. The molecular formula is C44H27NOS. The monoisotopic (exact) mass is 617 g/mol. The lowest BCUT2D eigenvalue weighted by Gasteiger charge is -2.11. The lowest BCUT2D eigenvalue weighted by atomic mass is 9.93. The third-order valence-corrected chi connectivity index (χ3v) is 10.6. The van der Waals surface area contributed by atoms with Gasteiger partial charge in [0.15, 0.2) is 0 Å². The van der Waals surface area contributed by atoms with E-state index in [1.54, 1.807) is 0 Å². The first kappa shape index (κ1) is 26.3. The molecule has 10 aromatic rings. The van der Waals surface area contributed by atoms with Crippen molar-refractivity contribution in [3.8, 4) is 39.1 Å². The van der Waals surface area contributed by atoms with E-state index in [4.69, 9.17) is 4.42 Å². The van der Waals surface area contributed by atoms with Crippen LogP contribution in [-0.2, 0) is 0 Å². The Balaban J connectivity index is 1.10. The van der Waals surface area contributed by atoms with Gasteiger partial charge >= 0.3 is 0 Å². The summed E-state index contributed by atoms with van der Waals surface area (Å²) in [6.07, 6.45) is 0. The SMILES string of the molecule is c1ccc(-c2ccc3c(c2)oc2cc(-c4ccccc4-c4ccc5c(c4)sc4c6ccccc6n(-c6ccccc6)c54)ccc23)cc1. The lowest BCUT2D eigenvalue weighted by molar-refractivity contribution is 0.669.